The number of carbonyl (C=O) groups excluding carboxylic acids is 1. The van der Waals surface area contributed by atoms with Gasteiger partial charge in [0.2, 0.25) is 5.91 Å². The second kappa shape index (κ2) is 5.24. The number of piperidine rings is 1. The molecule has 0 radical (unpaired) electrons. The second-order valence-corrected chi connectivity index (χ2v) is 5.73. The fourth-order valence-corrected chi connectivity index (χ4v) is 2.59. The summed E-state index contributed by atoms with van der Waals surface area (Å²) in [5, 5.41) is 0. The van der Waals surface area contributed by atoms with Gasteiger partial charge in [-0.25, -0.2) is 0 Å². The van der Waals surface area contributed by atoms with Crippen LogP contribution >= 0.6 is 0 Å². The minimum atomic E-state index is 0.256. The summed E-state index contributed by atoms with van der Waals surface area (Å²) >= 11 is 0. The maximum atomic E-state index is 11.9. The predicted octanol–water partition coefficient (Wildman–Crippen LogP) is 2.77. The van der Waals surface area contributed by atoms with E-state index < -0.39 is 0 Å². The molecule has 1 saturated heterocycles. The number of hydrogen-bond donors (Lipinski definition) is 0. The molecule has 0 aromatic heterocycles. The van der Waals surface area contributed by atoms with Gasteiger partial charge in [0.1, 0.15) is 11.9 Å². The number of likely N-dealkylation sites (tertiary alicyclic amines) is 1. The van der Waals surface area contributed by atoms with E-state index in [9.17, 15) is 4.79 Å². The molecule has 1 aliphatic carbocycles. The van der Waals surface area contributed by atoms with E-state index in [1.165, 1.54) is 5.56 Å². The van der Waals surface area contributed by atoms with Crippen LogP contribution in [0.1, 0.15) is 31.2 Å². The molecule has 102 valence electrons. The summed E-state index contributed by atoms with van der Waals surface area (Å²) in [5.74, 6) is 1.65. The summed E-state index contributed by atoms with van der Waals surface area (Å²) in [7, 11) is 0. The van der Waals surface area contributed by atoms with Crippen LogP contribution in [0.2, 0.25) is 0 Å². The maximum Gasteiger partial charge on any atom is 0.225 e. The van der Waals surface area contributed by atoms with Gasteiger partial charge >= 0.3 is 0 Å². The van der Waals surface area contributed by atoms with Crippen molar-refractivity contribution in [1.82, 2.24) is 4.90 Å². The third-order valence-corrected chi connectivity index (χ3v) is 4.00. The van der Waals surface area contributed by atoms with Crippen molar-refractivity contribution >= 4 is 5.91 Å². The topological polar surface area (TPSA) is 29.5 Å². The van der Waals surface area contributed by atoms with Crippen LogP contribution in [-0.2, 0) is 4.79 Å². The highest BCUT2D eigenvalue weighted by molar-refractivity contribution is 5.81. The summed E-state index contributed by atoms with van der Waals surface area (Å²) in [6.07, 6.45) is 4.35. The number of rotatable bonds is 3. The number of aryl methyl sites for hydroxylation is 1. The summed E-state index contributed by atoms with van der Waals surface area (Å²) < 4.78 is 5.98. The molecule has 1 saturated carbocycles. The Morgan fingerprint density at radius 1 is 1.11 bits per heavy atom. The fraction of sp³-hybridized carbons (Fsp3) is 0.562. The molecule has 19 heavy (non-hydrogen) atoms. The van der Waals surface area contributed by atoms with Gasteiger partial charge in [0.05, 0.1) is 0 Å². The van der Waals surface area contributed by atoms with Crippen molar-refractivity contribution in [2.75, 3.05) is 13.1 Å². The lowest BCUT2D eigenvalue weighted by Crippen LogP contribution is -2.42. The highest BCUT2D eigenvalue weighted by atomic mass is 16.5. The number of hydrogen-bond acceptors (Lipinski definition) is 2. The monoisotopic (exact) mass is 259 g/mol. The maximum absolute atomic E-state index is 11.9. The van der Waals surface area contributed by atoms with Crippen LogP contribution in [-0.4, -0.2) is 30.0 Å². The van der Waals surface area contributed by atoms with Crippen LogP contribution in [0.15, 0.2) is 24.3 Å². The normalized spacial score (nSPS) is 20.4. The fourth-order valence-electron chi connectivity index (χ4n) is 2.59. The third kappa shape index (κ3) is 3.09. The lowest BCUT2D eigenvalue weighted by molar-refractivity contribution is -0.134. The molecule has 1 amide bonds. The molecule has 1 aromatic carbocycles. The summed E-state index contributed by atoms with van der Waals surface area (Å²) in [6, 6.07) is 8.19. The first-order chi connectivity index (χ1) is 9.22. The van der Waals surface area contributed by atoms with Crippen LogP contribution in [0.25, 0.3) is 0 Å². The number of carbonyl (C=O) groups is 1. The number of amides is 1. The molecular formula is C16H21NO2. The first-order valence-electron chi connectivity index (χ1n) is 7.24. The van der Waals surface area contributed by atoms with Crippen LogP contribution in [0, 0.1) is 12.8 Å². The first-order valence-corrected chi connectivity index (χ1v) is 7.24. The molecule has 3 rings (SSSR count). The molecule has 3 heteroatoms. The van der Waals surface area contributed by atoms with Crippen molar-refractivity contribution in [1.29, 1.82) is 0 Å². The summed E-state index contributed by atoms with van der Waals surface area (Å²) in [4.78, 5) is 14.0. The molecule has 2 fully saturated rings. The van der Waals surface area contributed by atoms with Gasteiger partial charge in [-0.05, 0) is 31.9 Å². The van der Waals surface area contributed by atoms with Gasteiger partial charge in [-0.3, -0.25) is 4.79 Å². The Balaban J connectivity index is 1.49. The van der Waals surface area contributed by atoms with E-state index in [4.69, 9.17) is 4.74 Å². The van der Waals surface area contributed by atoms with E-state index in [-0.39, 0.29) is 6.10 Å². The lowest BCUT2D eigenvalue weighted by Gasteiger charge is -2.32. The Labute approximate surface area is 114 Å². The quantitative estimate of drug-likeness (QED) is 0.835. The largest absolute Gasteiger partial charge is 0.490 e. The Morgan fingerprint density at radius 3 is 2.32 bits per heavy atom. The van der Waals surface area contributed by atoms with E-state index in [1.54, 1.807) is 0 Å². The van der Waals surface area contributed by atoms with Crippen LogP contribution < -0.4 is 4.74 Å². The number of ether oxygens (including phenoxy) is 1. The molecule has 0 bridgehead atoms. The molecule has 0 N–H and O–H groups in total. The zero-order valence-electron chi connectivity index (χ0n) is 11.5. The van der Waals surface area contributed by atoms with Gasteiger partial charge < -0.3 is 9.64 Å². The Morgan fingerprint density at radius 2 is 1.74 bits per heavy atom. The Hall–Kier alpha value is -1.51. The van der Waals surface area contributed by atoms with E-state index in [0.717, 1.165) is 44.5 Å². The standard InChI is InChI=1S/C16H21NO2/c1-12-2-6-14(7-3-12)19-15-8-10-17(11-9-15)16(18)13-4-5-13/h2-3,6-7,13,15H,4-5,8-11H2,1H3. The van der Waals surface area contributed by atoms with Gasteiger partial charge in [-0.1, -0.05) is 17.7 Å². The zero-order valence-corrected chi connectivity index (χ0v) is 11.5. The van der Waals surface area contributed by atoms with E-state index in [2.05, 4.69) is 19.1 Å². The van der Waals surface area contributed by atoms with Crippen LogP contribution in [0.3, 0.4) is 0 Å². The highest BCUT2D eigenvalue weighted by Crippen LogP contribution is 2.32. The van der Waals surface area contributed by atoms with Crippen molar-refractivity contribution in [2.24, 2.45) is 5.92 Å². The molecule has 1 aliphatic heterocycles. The number of nitrogens with zero attached hydrogens (tertiary/aromatic N) is 1. The van der Waals surface area contributed by atoms with Crippen molar-refractivity contribution in [3.8, 4) is 5.75 Å². The molecule has 1 aromatic rings. The van der Waals surface area contributed by atoms with Crippen molar-refractivity contribution in [3.05, 3.63) is 29.8 Å². The zero-order chi connectivity index (χ0) is 13.2. The minimum Gasteiger partial charge on any atom is -0.490 e. The summed E-state index contributed by atoms with van der Waals surface area (Å²) in [5.41, 5.74) is 1.25. The summed E-state index contributed by atoms with van der Waals surface area (Å²) in [6.45, 7) is 3.78. The first kappa shape index (κ1) is 12.5. The predicted molar refractivity (Wildman–Crippen MR) is 74.1 cm³/mol. The third-order valence-electron chi connectivity index (χ3n) is 4.00. The minimum absolute atomic E-state index is 0.256. The van der Waals surface area contributed by atoms with Crippen molar-refractivity contribution in [2.45, 2.75) is 38.7 Å². The highest BCUT2D eigenvalue weighted by Gasteiger charge is 2.35. The smallest absolute Gasteiger partial charge is 0.225 e. The molecule has 1 heterocycles. The van der Waals surface area contributed by atoms with Crippen LogP contribution in [0.5, 0.6) is 5.75 Å². The van der Waals surface area contributed by atoms with Gasteiger partial charge in [0.25, 0.3) is 0 Å². The average molecular weight is 259 g/mol. The van der Waals surface area contributed by atoms with E-state index in [1.807, 2.05) is 17.0 Å². The molecule has 0 atom stereocenters. The van der Waals surface area contributed by atoms with Gasteiger partial charge in [0.15, 0.2) is 0 Å². The molecule has 3 nitrogen and oxygen atoms in total. The second-order valence-electron chi connectivity index (χ2n) is 5.73. The average Bonchev–Trinajstić information content (AvgIpc) is 3.26. The van der Waals surface area contributed by atoms with Crippen molar-refractivity contribution in [3.63, 3.8) is 0 Å². The van der Waals surface area contributed by atoms with Gasteiger partial charge in [-0.2, -0.15) is 0 Å². The molecule has 0 spiro atoms. The SMILES string of the molecule is Cc1ccc(OC2CCN(C(=O)C3CC3)CC2)cc1. The Kier molecular flexibility index (Phi) is 3.45. The van der Waals surface area contributed by atoms with Gasteiger partial charge in [-0.15, -0.1) is 0 Å². The number of benzene rings is 1. The van der Waals surface area contributed by atoms with E-state index in [0.29, 0.717) is 11.8 Å². The van der Waals surface area contributed by atoms with Gasteiger partial charge in [0, 0.05) is 31.8 Å². The molecular weight excluding hydrogens is 238 g/mol. The molecule has 2 aliphatic rings. The Bertz CT molecular complexity index is 442. The van der Waals surface area contributed by atoms with Crippen molar-refractivity contribution < 1.29 is 9.53 Å². The van der Waals surface area contributed by atoms with E-state index >= 15 is 0 Å². The molecule has 0 unspecified atom stereocenters. The van der Waals surface area contributed by atoms with Crippen LogP contribution in [0.4, 0.5) is 0 Å². The lowest BCUT2D eigenvalue weighted by atomic mass is 10.1.